The molecule has 0 fully saturated rings. The molecule has 0 aliphatic carbocycles. The Hall–Kier alpha value is -2.38. The third-order valence-corrected chi connectivity index (χ3v) is 3.81. The van der Waals surface area contributed by atoms with Crippen molar-refractivity contribution in [2.45, 2.75) is 6.92 Å². The second-order valence-corrected chi connectivity index (χ2v) is 5.81. The fourth-order valence-corrected chi connectivity index (χ4v) is 2.47. The first kappa shape index (κ1) is 18.0. The SMILES string of the molecule is Cc1nccs1.[Br-].c1ccc(-c2nn[nH][n+]2-c2ccccc2)cc1. The molecule has 0 saturated carbocycles. The molecule has 0 bridgehead atoms. The maximum atomic E-state index is 4.12. The van der Waals surface area contributed by atoms with E-state index in [4.69, 9.17) is 0 Å². The Bertz CT molecular complexity index is 778. The maximum absolute atomic E-state index is 4.12. The molecule has 24 heavy (non-hydrogen) atoms. The van der Waals surface area contributed by atoms with Crippen LogP contribution in [0.4, 0.5) is 0 Å². The third-order valence-electron chi connectivity index (χ3n) is 3.10. The zero-order valence-electron chi connectivity index (χ0n) is 13.0. The van der Waals surface area contributed by atoms with E-state index >= 15 is 0 Å². The van der Waals surface area contributed by atoms with E-state index in [1.807, 2.05) is 77.6 Å². The van der Waals surface area contributed by atoms with Crippen LogP contribution in [0.25, 0.3) is 17.1 Å². The fraction of sp³-hybridized carbons (Fsp3) is 0.0588. The predicted molar refractivity (Wildman–Crippen MR) is 90.2 cm³/mol. The molecular formula is C17H16BrN5S. The van der Waals surface area contributed by atoms with E-state index in [9.17, 15) is 0 Å². The van der Waals surface area contributed by atoms with Crippen molar-refractivity contribution < 1.29 is 21.7 Å². The van der Waals surface area contributed by atoms with Crippen LogP contribution in [0, 0.1) is 6.92 Å². The van der Waals surface area contributed by atoms with Crippen LogP contribution in [0.3, 0.4) is 0 Å². The van der Waals surface area contributed by atoms with E-state index in [1.165, 1.54) is 0 Å². The molecule has 7 heteroatoms. The summed E-state index contributed by atoms with van der Waals surface area (Å²) in [5.41, 5.74) is 2.04. The van der Waals surface area contributed by atoms with Gasteiger partial charge in [0.15, 0.2) is 5.21 Å². The lowest BCUT2D eigenvalue weighted by Crippen LogP contribution is -3.00. The number of para-hydroxylation sites is 1. The number of tetrazole rings is 1. The van der Waals surface area contributed by atoms with Gasteiger partial charge in [0, 0.05) is 11.6 Å². The lowest BCUT2D eigenvalue weighted by molar-refractivity contribution is -0.649. The predicted octanol–water partition coefficient (Wildman–Crippen LogP) is 0.204. The minimum absolute atomic E-state index is 0. The summed E-state index contributed by atoms with van der Waals surface area (Å²) in [4.78, 5) is 3.94. The topological polar surface area (TPSA) is 58.3 Å². The summed E-state index contributed by atoms with van der Waals surface area (Å²) < 4.78 is 1.86. The molecule has 122 valence electrons. The molecule has 0 aliphatic rings. The average molecular weight is 402 g/mol. The zero-order chi connectivity index (χ0) is 15.9. The second kappa shape index (κ2) is 9.05. The van der Waals surface area contributed by atoms with E-state index < -0.39 is 0 Å². The van der Waals surface area contributed by atoms with Gasteiger partial charge in [-0.25, -0.2) is 0 Å². The van der Waals surface area contributed by atoms with Crippen molar-refractivity contribution in [2.24, 2.45) is 0 Å². The first-order chi connectivity index (χ1) is 11.3. The molecule has 4 aromatic rings. The first-order valence-corrected chi connectivity index (χ1v) is 8.02. The number of nitrogens with one attached hydrogen (secondary N) is 1. The maximum Gasteiger partial charge on any atom is 0.337 e. The molecule has 2 aromatic carbocycles. The number of halogens is 1. The Balaban J connectivity index is 0.000000254. The summed E-state index contributed by atoms with van der Waals surface area (Å²) >= 11 is 1.67. The minimum atomic E-state index is 0. The molecule has 1 N–H and O–H groups in total. The normalized spacial score (nSPS) is 9.54. The molecule has 0 unspecified atom stereocenters. The number of H-pyrrole nitrogens is 1. The van der Waals surface area contributed by atoms with Crippen LogP contribution in [-0.2, 0) is 0 Å². The van der Waals surface area contributed by atoms with E-state index in [-0.39, 0.29) is 17.0 Å². The van der Waals surface area contributed by atoms with Crippen LogP contribution in [-0.4, -0.2) is 20.5 Å². The van der Waals surface area contributed by atoms with E-state index in [0.29, 0.717) is 0 Å². The Morgan fingerprint density at radius 1 is 0.958 bits per heavy atom. The summed E-state index contributed by atoms with van der Waals surface area (Å²) in [6, 6.07) is 19.9. The van der Waals surface area contributed by atoms with Crippen molar-refractivity contribution in [2.75, 3.05) is 0 Å². The van der Waals surface area contributed by atoms with Crippen LogP contribution in [0.2, 0.25) is 0 Å². The van der Waals surface area contributed by atoms with Gasteiger partial charge in [0.05, 0.1) is 10.6 Å². The Morgan fingerprint density at radius 2 is 1.62 bits per heavy atom. The van der Waals surface area contributed by atoms with Gasteiger partial charge < -0.3 is 17.0 Å². The first-order valence-electron chi connectivity index (χ1n) is 7.14. The van der Waals surface area contributed by atoms with Gasteiger partial charge in [0.25, 0.3) is 0 Å². The Kier molecular flexibility index (Phi) is 6.77. The molecule has 0 atom stereocenters. The quantitative estimate of drug-likeness (QED) is 0.488. The summed E-state index contributed by atoms with van der Waals surface area (Å²) in [5, 5.41) is 14.0. The van der Waals surface area contributed by atoms with Crippen molar-refractivity contribution in [1.29, 1.82) is 0 Å². The van der Waals surface area contributed by atoms with Crippen LogP contribution >= 0.6 is 11.3 Å². The Morgan fingerprint density at radius 3 is 2.17 bits per heavy atom. The molecular weight excluding hydrogens is 386 g/mol. The number of aryl methyl sites for hydroxylation is 1. The van der Waals surface area contributed by atoms with Crippen molar-refractivity contribution in [3.8, 4) is 17.1 Å². The highest BCUT2D eigenvalue weighted by atomic mass is 79.9. The summed E-state index contributed by atoms with van der Waals surface area (Å²) in [6.07, 6.45) is 1.81. The molecule has 0 saturated heterocycles. The average Bonchev–Trinajstić information content (AvgIpc) is 3.28. The van der Waals surface area contributed by atoms with E-state index in [0.717, 1.165) is 22.1 Å². The number of thiazole rings is 1. The van der Waals surface area contributed by atoms with Gasteiger partial charge in [0.2, 0.25) is 0 Å². The van der Waals surface area contributed by atoms with Crippen LogP contribution < -0.4 is 21.7 Å². The van der Waals surface area contributed by atoms with Gasteiger partial charge in [-0.3, -0.25) is 4.98 Å². The fourth-order valence-electron chi connectivity index (χ4n) is 2.03. The number of aromatic nitrogens is 5. The van der Waals surface area contributed by atoms with Gasteiger partial charge in [-0.05, 0) is 31.2 Å². The van der Waals surface area contributed by atoms with Gasteiger partial charge in [-0.15, -0.1) is 16.0 Å². The molecule has 0 amide bonds. The molecule has 4 rings (SSSR count). The van der Waals surface area contributed by atoms with Crippen LogP contribution in [0.15, 0.2) is 72.2 Å². The number of rotatable bonds is 2. The number of benzene rings is 2. The summed E-state index contributed by atoms with van der Waals surface area (Å²) in [5.74, 6) is 0.803. The van der Waals surface area contributed by atoms with Gasteiger partial charge in [0.1, 0.15) is 10.8 Å². The highest BCUT2D eigenvalue weighted by Crippen LogP contribution is 2.12. The van der Waals surface area contributed by atoms with Gasteiger partial charge in [-0.1, -0.05) is 41.6 Å². The van der Waals surface area contributed by atoms with Crippen molar-refractivity contribution in [3.05, 3.63) is 77.2 Å². The molecule has 2 aromatic heterocycles. The highest BCUT2D eigenvalue weighted by molar-refractivity contribution is 7.09. The largest absolute Gasteiger partial charge is 1.00 e. The molecule has 0 spiro atoms. The second-order valence-electron chi connectivity index (χ2n) is 4.71. The van der Waals surface area contributed by atoms with Crippen LogP contribution in [0.1, 0.15) is 5.01 Å². The third kappa shape index (κ3) is 4.56. The number of hydrogen-bond donors (Lipinski definition) is 1. The molecule has 0 radical (unpaired) electrons. The smallest absolute Gasteiger partial charge is 0.337 e. The molecule has 5 nitrogen and oxygen atoms in total. The lowest BCUT2D eigenvalue weighted by Gasteiger charge is -1.97. The van der Waals surface area contributed by atoms with Crippen molar-refractivity contribution in [3.63, 3.8) is 0 Å². The molecule has 0 aliphatic heterocycles. The highest BCUT2D eigenvalue weighted by Gasteiger charge is 2.17. The van der Waals surface area contributed by atoms with Gasteiger partial charge in [-0.2, -0.15) is 0 Å². The Labute approximate surface area is 154 Å². The van der Waals surface area contributed by atoms with E-state index in [1.54, 1.807) is 17.5 Å². The van der Waals surface area contributed by atoms with Crippen molar-refractivity contribution in [1.82, 2.24) is 20.5 Å². The minimum Gasteiger partial charge on any atom is -1.00 e. The van der Waals surface area contributed by atoms with E-state index in [2.05, 4.69) is 20.5 Å². The van der Waals surface area contributed by atoms with Gasteiger partial charge >= 0.3 is 5.82 Å². The van der Waals surface area contributed by atoms with Crippen molar-refractivity contribution >= 4 is 11.3 Å². The summed E-state index contributed by atoms with van der Waals surface area (Å²) in [7, 11) is 0. The zero-order valence-corrected chi connectivity index (χ0v) is 15.4. The summed E-state index contributed by atoms with van der Waals surface area (Å²) in [6.45, 7) is 1.99. The number of nitrogens with zero attached hydrogens (tertiary/aromatic N) is 4. The number of hydrogen-bond acceptors (Lipinski definition) is 4. The monoisotopic (exact) mass is 401 g/mol. The standard InChI is InChI=1S/C13H10N4.C4H5NS.BrH/c1-3-7-11(8-4-1)13-14-15-16-17(13)12-9-5-2-6-10-12;1-4-5-2-3-6-4;/h1-10H;2-3H,1H3;1H. The number of aromatic amines is 1. The molecule has 2 heterocycles. The van der Waals surface area contributed by atoms with Crippen LogP contribution in [0.5, 0.6) is 0 Å². The lowest BCUT2D eigenvalue weighted by atomic mass is 10.2.